The summed E-state index contributed by atoms with van der Waals surface area (Å²) in [4.78, 5) is 53.2. The van der Waals surface area contributed by atoms with Gasteiger partial charge in [-0.05, 0) is 25.7 Å². The van der Waals surface area contributed by atoms with E-state index in [2.05, 4.69) is 0 Å². The molecule has 0 N–H and O–H groups in total. The number of nitrogens with zero attached hydrogens (tertiary/aromatic N) is 2. The molecule has 6 aliphatic rings. The maximum absolute atomic E-state index is 12.7. The molecule has 8 atom stereocenters. The van der Waals surface area contributed by atoms with Crippen molar-refractivity contribution in [2.24, 2.45) is 23.7 Å². The quantitative estimate of drug-likeness (QED) is 0.619. The Morgan fingerprint density at radius 3 is 1.12 bits per heavy atom. The lowest BCUT2D eigenvalue weighted by Crippen LogP contribution is -2.43. The van der Waals surface area contributed by atoms with E-state index in [1.165, 1.54) is 9.80 Å². The maximum atomic E-state index is 12.7. The molecule has 0 spiro atoms. The highest BCUT2D eigenvalue weighted by atomic mass is 16.5. The smallest absolute Gasteiger partial charge is 0.235 e. The standard InChI is InChI=1S/C18H20N2O6/c21-15-11-7-1-2-8(25-7)12(11)16(22)19(15)5-6-20-17(23)13-9-3-4-10(26-9)14(13)18(20)24/h7-14H,1-6H2. The first kappa shape index (κ1) is 15.3. The van der Waals surface area contributed by atoms with Crippen molar-refractivity contribution in [3.63, 3.8) is 0 Å². The van der Waals surface area contributed by atoms with Gasteiger partial charge in [-0.1, -0.05) is 0 Å². The Bertz CT molecular complexity index is 634. The second-order valence-electron chi connectivity index (χ2n) is 8.34. The predicted molar refractivity (Wildman–Crippen MR) is 83.2 cm³/mol. The Morgan fingerprint density at radius 2 is 0.846 bits per heavy atom. The van der Waals surface area contributed by atoms with Gasteiger partial charge in [-0.2, -0.15) is 0 Å². The van der Waals surface area contributed by atoms with Gasteiger partial charge in [-0.25, -0.2) is 0 Å². The zero-order chi connectivity index (χ0) is 17.7. The molecule has 6 rings (SSSR count). The minimum atomic E-state index is -0.366. The van der Waals surface area contributed by atoms with Crippen LogP contribution in [0, 0.1) is 23.7 Å². The van der Waals surface area contributed by atoms with Gasteiger partial charge >= 0.3 is 0 Å². The third kappa shape index (κ3) is 1.67. The molecule has 6 fully saturated rings. The number of imide groups is 2. The number of amides is 4. The van der Waals surface area contributed by atoms with Gasteiger partial charge in [0.1, 0.15) is 0 Å². The zero-order valence-corrected chi connectivity index (χ0v) is 14.2. The second-order valence-corrected chi connectivity index (χ2v) is 8.34. The normalized spacial score (nSPS) is 48.3. The SMILES string of the molecule is O=C1C2C3CCC(O3)C2C(=O)N1CCN1C(=O)C2C3CCC(O3)C2C1=O. The Kier molecular flexibility index (Phi) is 2.89. The van der Waals surface area contributed by atoms with E-state index < -0.39 is 0 Å². The van der Waals surface area contributed by atoms with Crippen LogP contribution in [0.4, 0.5) is 0 Å². The third-order valence-electron chi connectivity index (χ3n) is 7.30. The van der Waals surface area contributed by atoms with Crippen molar-refractivity contribution in [1.82, 2.24) is 9.80 Å². The van der Waals surface area contributed by atoms with Crippen LogP contribution in [0.1, 0.15) is 25.7 Å². The molecule has 0 aromatic rings. The Hall–Kier alpha value is -1.80. The van der Waals surface area contributed by atoms with E-state index in [0.29, 0.717) is 0 Å². The van der Waals surface area contributed by atoms with Crippen LogP contribution in [0.2, 0.25) is 0 Å². The molecule has 0 aromatic carbocycles. The topological polar surface area (TPSA) is 93.2 Å². The summed E-state index contributed by atoms with van der Waals surface area (Å²) in [5.41, 5.74) is 0. The van der Waals surface area contributed by atoms with Gasteiger partial charge in [-0.3, -0.25) is 29.0 Å². The number of fused-ring (bicyclic) bond motifs is 10. The van der Waals surface area contributed by atoms with Gasteiger partial charge < -0.3 is 9.47 Å². The van der Waals surface area contributed by atoms with Crippen LogP contribution in [0.15, 0.2) is 0 Å². The van der Waals surface area contributed by atoms with Gasteiger partial charge in [-0.15, -0.1) is 0 Å². The average Bonchev–Trinajstić information content (AvgIpc) is 3.43. The second kappa shape index (κ2) is 4.92. The first-order valence-corrected chi connectivity index (χ1v) is 9.57. The summed E-state index contributed by atoms with van der Waals surface area (Å²) in [5, 5.41) is 0. The van der Waals surface area contributed by atoms with Gasteiger partial charge in [0.25, 0.3) is 0 Å². The molecule has 0 aromatic heterocycles. The summed E-state index contributed by atoms with van der Waals surface area (Å²) >= 11 is 0. The fourth-order valence-electron chi connectivity index (χ4n) is 6.19. The summed E-state index contributed by atoms with van der Waals surface area (Å²) in [6.07, 6.45) is 2.73. The van der Waals surface area contributed by atoms with Crippen molar-refractivity contribution in [3.8, 4) is 0 Å². The minimum Gasteiger partial charge on any atom is -0.373 e. The van der Waals surface area contributed by atoms with Crippen LogP contribution in [0.3, 0.4) is 0 Å². The fourth-order valence-corrected chi connectivity index (χ4v) is 6.19. The first-order valence-electron chi connectivity index (χ1n) is 9.57. The molecule has 6 aliphatic heterocycles. The molecule has 0 radical (unpaired) electrons. The van der Waals surface area contributed by atoms with E-state index in [9.17, 15) is 19.2 Å². The molecule has 4 bridgehead atoms. The number of carbonyl (C=O) groups excluding carboxylic acids is 4. The molecular weight excluding hydrogens is 340 g/mol. The largest absolute Gasteiger partial charge is 0.373 e. The molecule has 0 aliphatic carbocycles. The van der Waals surface area contributed by atoms with Crippen molar-refractivity contribution in [2.45, 2.75) is 50.1 Å². The lowest BCUT2D eigenvalue weighted by Gasteiger charge is -2.22. The molecule has 26 heavy (non-hydrogen) atoms. The summed E-state index contributed by atoms with van der Waals surface area (Å²) in [7, 11) is 0. The number of carbonyl (C=O) groups is 4. The molecule has 6 heterocycles. The fraction of sp³-hybridized carbons (Fsp3) is 0.778. The molecule has 8 heteroatoms. The molecule has 0 saturated carbocycles. The highest BCUT2D eigenvalue weighted by Crippen LogP contribution is 2.50. The molecule has 8 unspecified atom stereocenters. The van der Waals surface area contributed by atoms with E-state index >= 15 is 0 Å². The average molecular weight is 360 g/mol. The molecule has 6 saturated heterocycles. The van der Waals surface area contributed by atoms with Gasteiger partial charge in [0.2, 0.25) is 23.6 Å². The summed E-state index contributed by atoms with van der Waals surface area (Å²) in [5.74, 6) is -2.26. The lowest BCUT2D eigenvalue weighted by molar-refractivity contribution is -0.148. The minimum absolute atomic E-state index is 0.0945. The Morgan fingerprint density at radius 1 is 0.577 bits per heavy atom. The van der Waals surface area contributed by atoms with Crippen molar-refractivity contribution in [2.75, 3.05) is 13.1 Å². The van der Waals surface area contributed by atoms with Crippen LogP contribution in [0.25, 0.3) is 0 Å². The predicted octanol–water partition coefficient (Wildman–Crippen LogP) is -0.689. The van der Waals surface area contributed by atoms with E-state index in [0.717, 1.165) is 25.7 Å². The van der Waals surface area contributed by atoms with E-state index in [1.54, 1.807) is 0 Å². The number of rotatable bonds is 3. The summed E-state index contributed by atoms with van der Waals surface area (Å²) < 4.78 is 11.4. The van der Waals surface area contributed by atoms with Crippen molar-refractivity contribution >= 4 is 23.6 Å². The number of likely N-dealkylation sites (tertiary alicyclic amines) is 2. The molecular formula is C18H20N2O6. The van der Waals surface area contributed by atoms with Crippen molar-refractivity contribution in [3.05, 3.63) is 0 Å². The number of hydrogen-bond donors (Lipinski definition) is 0. The maximum Gasteiger partial charge on any atom is 0.235 e. The van der Waals surface area contributed by atoms with E-state index in [1.807, 2.05) is 0 Å². The highest BCUT2D eigenvalue weighted by molar-refractivity contribution is 6.07. The van der Waals surface area contributed by atoms with Crippen LogP contribution in [-0.2, 0) is 28.7 Å². The Balaban J connectivity index is 1.18. The van der Waals surface area contributed by atoms with Gasteiger partial charge in [0, 0.05) is 13.1 Å². The van der Waals surface area contributed by atoms with Crippen LogP contribution in [0.5, 0.6) is 0 Å². The Labute approximate surface area is 149 Å². The van der Waals surface area contributed by atoms with Crippen LogP contribution < -0.4 is 0 Å². The molecule has 4 amide bonds. The molecule has 138 valence electrons. The highest BCUT2D eigenvalue weighted by Gasteiger charge is 2.64. The van der Waals surface area contributed by atoms with Crippen LogP contribution >= 0.6 is 0 Å². The van der Waals surface area contributed by atoms with Crippen LogP contribution in [-0.4, -0.2) is 70.9 Å². The van der Waals surface area contributed by atoms with Crippen molar-refractivity contribution in [1.29, 1.82) is 0 Å². The van der Waals surface area contributed by atoms with Gasteiger partial charge in [0.15, 0.2) is 0 Å². The number of hydrogen-bond acceptors (Lipinski definition) is 6. The summed E-state index contributed by atoms with van der Waals surface area (Å²) in [6.45, 7) is 0.189. The molecule has 8 nitrogen and oxygen atoms in total. The monoisotopic (exact) mass is 360 g/mol. The third-order valence-corrected chi connectivity index (χ3v) is 7.30. The zero-order valence-electron chi connectivity index (χ0n) is 14.2. The summed E-state index contributed by atoms with van der Waals surface area (Å²) in [6, 6.07) is 0. The van der Waals surface area contributed by atoms with E-state index in [-0.39, 0.29) is 84.8 Å². The first-order chi connectivity index (χ1) is 12.6. The van der Waals surface area contributed by atoms with E-state index in [4.69, 9.17) is 9.47 Å². The van der Waals surface area contributed by atoms with Gasteiger partial charge in [0.05, 0.1) is 48.1 Å². The lowest BCUT2D eigenvalue weighted by atomic mass is 9.81. The van der Waals surface area contributed by atoms with Crippen molar-refractivity contribution < 1.29 is 28.7 Å². The number of ether oxygens (including phenoxy) is 2.